The van der Waals surface area contributed by atoms with Gasteiger partial charge in [-0.05, 0) is 42.0 Å². The first-order valence-corrected chi connectivity index (χ1v) is 8.27. The van der Waals surface area contributed by atoms with E-state index in [1.165, 1.54) is 6.33 Å². The smallest absolute Gasteiger partial charge is 0.170 e. The van der Waals surface area contributed by atoms with E-state index >= 15 is 0 Å². The summed E-state index contributed by atoms with van der Waals surface area (Å²) in [5.41, 5.74) is 1.24. The fourth-order valence-electron chi connectivity index (χ4n) is 2.47. The zero-order valence-corrected chi connectivity index (χ0v) is 14.6. The van der Waals surface area contributed by atoms with Gasteiger partial charge in [-0.2, -0.15) is 5.10 Å². The molecule has 1 heterocycles. The van der Waals surface area contributed by atoms with Crippen molar-refractivity contribution in [1.82, 2.24) is 15.2 Å². The van der Waals surface area contributed by atoms with Crippen LogP contribution < -0.4 is 0 Å². The average molecular weight is 381 g/mol. The number of nitrogens with zero attached hydrogens (tertiary/aromatic N) is 2. The van der Waals surface area contributed by atoms with Crippen LogP contribution in [-0.2, 0) is 6.42 Å². The van der Waals surface area contributed by atoms with E-state index in [2.05, 4.69) is 15.2 Å². The van der Waals surface area contributed by atoms with Gasteiger partial charge in [0, 0.05) is 27.1 Å². The molecule has 1 aromatic heterocycles. The Kier molecular flexibility index (Phi) is 5.19. The maximum absolute atomic E-state index is 13.0. The molecule has 0 aliphatic heterocycles. The van der Waals surface area contributed by atoms with Gasteiger partial charge in [0.15, 0.2) is 5.78 Å². The van der Waals surface area contributed by atoms with E-state index < -0.39 is 5.92 Å². The van der Waals surface area contributed by atoms with Crippen molar-refractivity contribution in [2.24, 2.45) is 0 Å². The van der Waals surface area contributed by atoms with Gasteiger partial charge in [-0.3, -0.25) is 9.89 Å². The fourth-order valence-corrected chi connectivity index (χ4v) is 3.13. The van der Waals surface area contributed by atoms with Crippen LogP contribution in [0.4, 0.5) is 0 Å². The van der Waals surface area contributed by atoms with Crippen LogP contribution in [0.15, 0.2) is 48.8 Å². The maximum Gasteiger partial charge on any atom is 0.170 e. The molecule has 1 unspecified atom stereocenters. The van der Waals surface area contributed by atoms with Crippen molar-refractivity contribution in [2.45, 2.75) is 12.3 Å². The predicted molar refractivity (Wildman–Crippen MR) is 95.1 cm³/mol. The number of carbonyl (C=O) groups is 1. The van der Waals surface area contributed by atoms with E-state index in [4.69, 9.17) is 34.8 Å². The molecule has 3 aromatic rings. The molecule has 122 valence electrons. The zero-order chi connectivity index (χ0) is 17.1. The second-order valence-corrected chi connectivity index (χ2v) is 6.51. The first kappa shape index (κ1) is 17.0. The molecule has 0 bridgehead atoms. The van der Waals surface area contributed by atoms with E-state index in [-0.39, 0.29) is 5.78 Å². The number of halogens is 3. The van der Waals surface area contributed by atoms with Crippen LogP contribution in [0, 0.1) is 0 Å². The number of hydrogen-bond acceptors (Lipinski definition) is 3. The first-order valence-electron chi connectivity index (χ1n) is 7.13. The number of nitrogens with one attached hydrogen (secondary N) is 1. The van der Waals surface area contributed by atoms with Crippen LogP contribution in [0.5, 0.6) is 0 Å². The highest BCUT2D eigenvalue weighted by atomic mass is 35.5. The first-order chi connectivity index (χ1) is 11.5. The molecule has 24 heavy (non-hydrogen) atoms. The number of aromatic amines is 1. The molecular formula is C17H12Cl3N3O. The minimum atomic E-state index is -0.510. The summed E-state index contributed by atoms with van der Waals surface area (Å²) in [4.78, 5) is 17.1. The number of H-pyrrole nitrogens is 1. The van der Waals surface area contributed by atoms with Crippen molar-refractivity contribution < 1.29 is 4.79 Å². The summed E-state index contributed by atoms with van der Waals surface area (Å²) < 4.78 is 0. The average Bonchev–Trinajstić information content (AvgIpc) is 3.06. The van der Waals surface area contributed by atoms with Gasteiger partial charge in [0.05, 0.1) is 5.92 Å². The van der Waals surface area contributed by atoms with Crippen LogP contribution >= 0.6 is 34.8 Å². The second kappa shape index (κ2) is 7.34. The van der Waals surface area contributed by atoms with E-state index in [9.17, 15) is 4.79 Å². The highest BCUT2D eigenvalue weighted by molar-refractivity contribution is 6.35. The van der Waals surface area contributed by atoms with E-state index in [0.717, 1.165) is 0 Å². The molecule has 0 saturated carbocycles. The molecule has 4 nitrogen and oxygen atoms in total. The minimum absolute atomic E-state index is 0.0766. The lowest BCUT2D eigenvalue weighted by Gasteiger charge is -2.17. The summed E-state index contributed by atoms with van der Waals surface area (Å²) in [7, 11) is 0. The van der Waals surface area contributed by atoms with Gasteiger partial charge >= 0.3 is 0 Å². The van der Waals surface area contributed by atoms with Crippen molar-refractivity contribution in [3.8, 4) is 0 Å². The van der Waals surface area contributed by atoms with Crippen molar-refractivity contribution in [3.63, 3.8) is 0 Å². The normalized spacial score (nSPS) is 12.1. The second-order valence-electron chi connectivity index (χ2n) is 5.23. The molecule has 3 rings (SSSR count). The summed E-state index contributed by atoms with van der Waals surface area (Å²) in [5, 5.41) is 8.14. The number of Topliss-reactive ketones (excluding diaryl/α,β-unsaturated/α-hetero) is 1. The quantitative estimate of drug-likeness (QED) is 0.635. The third-order valence-electron chi connectivity index (χ3n) is 3.65. The molecular weight excluding hydrogens is 369 g/mol. The third-order valence-corrected chi connectivity index (χ3v) is 4.46. The van der Waals surface area contributed by atoms with Crippen LogP contribution in [-0.4, -0.2) is 21.0 Å². The van der Waals surface area contributed by atoms with Gasteiger partial charge in [0.1, 0.15) is 12.2 Å². The number of carbonyl (C=O) groups excluding carboxylic acids is 1. The largest absolute Gasteiger partial charge is 0.293 e. The molecule has 0 amide bonds. The topological polar surface area (TPSA) is 58.6 Å². The number of aromatic nitrogens is 3. The molecule has 0 aliphatic carbocycles. The Hall–Kier alpha value is -1.88. The van der Waals surface area contributed by atoms with Gasteiger partial charge in [0.2, 0.25) is 0 Å². The Balaban J connectivity index is 2.00. The highest BCUT2D eigenvalue weighted by Crippen LogP contribution is 2.32. The fraction of sp³-hybridized carbons (Fsp3) is 0.118. The minimum Gasteiger partial charge on any atom is -0.293 e. The van der Waals surface area contributed by atoms with Gasteiger partial charge in [-0.15, -0.1) is 0 Å². The van der Waals surface area contributed by atoms with Crippen molar-refractivity contribution in [3.05, 3.63) is 80.8 Å². The van der Waals surface area contributed by atoms with Crippen molar-refractivity contribution in [1.29, 1.82) is 0 Å². The molecule has 1 atom stereocenters. The lowest BCUT2D eigenvalue weighted by molar-refractivity contribution is 0.0958. The van der Waals surface area contributed by atoms with E-state index in [1.54, 1.807) is 42.5 Å². The summed E-state index contributed by atoms with van der Waals surface area (Å²) in [6.45, 7) is 0. The Bertz CT molecular complexity index is 848. The molecule has 0 fully saturated rings. The summed E-state index contributed by atoms with van der Waals surface area (Å²) in [6.07, 6.45) is 1.76. The number of hydrogen-bond donors (Lipinski definition) is 1. The van der Waals surface area contributed by atoms with Gasteiger partial charge in [0.25, 0.3) is 0 Å². The highest BCUT2D eigenvalue weighted by Gasteiger charge is 2.25. The standard InChI is InChI=1S/C17H12Cl3N3O/c18-11-3-1-10(2-4-11)17(24)14(8-16-21-9-22-23-16)13-6-5-12(19)7-15(13)20/h1-7,9,14H,8H2,(H,21,22,23). The molecule has 7 heteroatoms. The Labute approximate surface area is 153 Å². The lowest BCUT2D eigenvalue weighted by Crippen LogP contribution is -2.17. The van der Waals surface area contributed by atoms with E-state index in [1.807, 2.05) is 0 Å². The molecule has 1 N–H and O–H groups in total. The van der Waals surface area contributed by atoms with Crippen molar-refractivity contribution in [2.75, 3.05) is 0 Å². The molecule has 0 radical (unpaired) electrons. The third kappa shape index (κ3) is 3.78. The summed E-state index contributed by atoms with van der Waals surface area (Å²) >= 11 is 18.2. The number of rotatable bonds is 5. The maximum atomic E-state index is 13.0. The van der Waals surface area contributed by atoms with Gasteiger partial charge < -0.3 is 0 Å². The lowest BCUT2D eigenvalue weighted by atomic mass is 9.87. The van der Waals surface area contributed by atoms with Crippen molar-refractivity contribution >= 4 is 40.6 Å². The van der Waals surface area contributed by atoms with Gasteiger partial charge in [-0.25, -0.2) is 4.98 Å². The van der Waals surface area contributed by atoms with Crippen LogP contribution in [0.2, 0.25) is 15.1 Å². The SMILES string of the molecule is O=C(c1ccc(Cl)cc1)C(Cc1ncn[nH]1)c1ccc(Cl)cc1Cl. The Morgan fingerprint density at radius 1 is 1.04 bits per heavy atom. The monoisotopic (exact) mass is 379 g/mol. The number of benzene rings is 2. The molecule has 0 saturated heterocycles. The van der Waals surface area contributed by atoms with E-state index in [0.29, 0.717) is 38.4 Å². The van der Waals surface area contributed by atoms with Gasteiger partial charge in [-0.1, -0.05) is 40.9 Å². The number of ketones is 1. The van der Waals surface area contributed by atoms with Crippen LogP contribution in [0.1, 0.15) is 27.7 Å². The molecule has 2 aromatic carbocycles. The Morgan fingerprint density at radius 3 is 2.38 bits per heavy atom. The zero-order valence-electron chi connectivity index (χ0n) is 12.3. The molecule has 0 aliphatic rings. The Morgan fingerprint density at radius 2 is 1.75 bits per heavy atom. The summed E-state index contributed by atoms with van der Waals surface area (Å²) in [5.74, 6) is 0.0181. The predicted octanol–water partition coefficient (Wildman–Crippen LogP) is 4.97. The molecule has 0 spiro atoms. The van der Waals surface area contributed by atoms with Crippen LogP contribution in [0.3, 0.4) is 0 Å². The summed E-state index contributed by atoms with van der Waals surface area (Å²) in [6, 6.07) is 11.9. The van der Waals surface area contributed by atoms with Crippen LogP contribution in [0.25, 0.3) is 0 Å².